The molecule has 0 aromatic carbocycles. The van der Waals surface area contributed by atoms with Crippen LogP contribution < -0.4 is 5.32 Å². The fourth-order valence-corrected chi connectivity index (χ4v) is 4.47. The van der Waals surface area contributed by atoms with E-state index in [1.165, 1.54) is 58.0 Å². The van der Waals surface area contributed by atoms with Crippen LogP contribution in [0, 0.1) is 11.8 Å². The third-order valence-corrected chi connectivity index (χ3v) is 5.71. The lowest BCUT2D eigenvalue weighted by molar-refractivity contribution is 0.0772. The SMILES string of the molecule is CC(C)(C)NC1CCC(CC2CCN(C(C)(C)C)CC2)CC1. The highest BCUT2D eigenvalue weighted by atomic mass is 15.2. The highest BCUT2D eigenvalue weighted by Crippen LogP contribution is 2.34. The monoisotopic (exact) mass is 308 g/mol. The average Bonchev–Trinajstić information content (AvgIpc) is 2.39. The minimum Gasteiger partial charge on any atom is -0.309 e. The van der Waals surface area contributed by atoms with Gasteiger partial charge in [-0.1, -0.05) is 0 Å². The van der Waals surface area contributed by atoms with E-state index in [0.29, 0.717) is 5.54 Å². The van der Waals surface area contributed by atoms with E-state index in [1.807, 2.05) is 0 Å². The first-order valence-corrected chi connectivity index (χ1v) is 9.66. The number of nitrogens with one attached hydrogen (secondary N) is 1. The van der Waals surface area contributed by atoms with Gasteiger partial charge in [-0.3, -0.25) is 4.90 Å². The molecule has 1 heterocycles. The molecule has 0 atom stereocenters. The van der Waals surface area contributed by atoms with Gasteiger partial charge in [0.2, 0.25) is 0 Å². The highest BCUT2D eigenvalue weighted by molar-refractivity contribution is 4.86. The summed E-state index contributed by atoms with van der Waals surface area (Å²) in [6.07, 6.45) is 10.0. The van der Waals surface area contributed by atoms with Crippen LogP contribution in [0.3, 0.4) is 0 Å². The number of piperidine rings is 1. The van der Waals surface area contributed by atoms with Crippen LogP contribution in [0.1, 0.15) is 86.5 Å². The molecule has 130 valence electrons. The van der Waals surface area contributed by atoms with Crippen LogP contribution in [-0.4, -0.2) is 35.1 Å². The molecule has 0 bridgehead atoms. The number of likely N-dealkylation sites (tertiary alicyclic amines) is 1. The fourth-order valence-electron chi connectivity index (χ4n) is 4.47. The lowest BCUT2D eigenvalue weighted by atomic mass is 9.77. The minimum atomic E-state index is 0.275. The van der Waals surface area contributed by atoms with Gasteiger partial charge in [0.15, 0.2) is 0 Å². The summed E-state index contributed by atoms with van der Waals surface area (Å²) in [4.78, 5) is 2.67. The van der Waals surface area contributed by atoms with E-state index < -0.39 is 0 Å². The molecule has 0 aromatic heterocycles. The van der Waals surface area contributed by atoms with E-state index in [4.69, 9.17) is 0 Å². The maximum Gasteiger partial charge on any atom is 0.0125 e. The highest BCUT2D eigenvalue weighted by Gasteiger charge is 2.30. The van der Waals surface area contributed by atoms with Crippen LogP contribution in [-0.2, 0) is 0 Å². The van der Waals surface area contributed by atoms with E-state index in [1.54, 1.807) is 0 Å². The normalized spacial score (nSPS) is 29.7. The third kappa shape index (κ3) is 5.85. The van der Waals surface area contributed by atoms with Crippen LogP contribution in [0.2, 0.25) is 0 Å². The van der Waals surface area contributed by atoms with Crippen molar-refractivity contribution in [3.8, 4) is 0 Å². The Labute approximate surface area is 139 Å². The summed E-state index contributed by atoms with van der Waals surface area (Å²) in [7, 11) is 0. The first-order valence-electron chi connectivity index (χ1n) is 9.66. The number of rotatable bonds is 3. The second-order valence-corrected chi connectivity index (χ2v) is 9.95. The van der Waals surface area contributed by atoms with Gasteiger partial charge in [0.25, 0.3) is 0 Å². The van der Waals surface area contributed by atoms with Gasteiger partial charge < -0.3 is 5.32 Å². The topological polar surface area (TPSA) is 15.3 Å². The lowest BCUT2D eigenvalue weighted by Crippen LogP contribution is -2.46. The molecule has 0 amide bonds. The van der Waals surface area contributed by atoms with E-state index in [2.05, 4.69) is 51.8 Å². The molecule has 1 aliphatic carbocycles. The molecule has 1 saturated carbocycles. The van der Waals surface area contributed by atoms with Gasteiger partial charge >= 0.3 is 0 Å². The third-order valence-electron chi connectivity index (χ3n) is 5.71. The summed E-state index contributed by atoms with van der Waals surface area (Å²) in [5.74, 6) is 2.00. The van der Waals surface area contributed by atoms with Crippen molar-refractivity contribution in [3.63, 3.8) is 0 Å². The van der Waals surface area contributed by atoms with E-state index in [0.717, 1.165) is 17.9 Å². The first kappa shape index (κ1) is 18.3. The summed E-state index contributed by atoms with van der Waals surface area (Å²) in [6.45, 7) is 16.6. The van der Waals surface area contributed by atoms with E-state index >= 15 is 0 Å². The summed E-state index contributed by atoms with van der Waals surface area (Å²) >= 11 is 0. The lowest BCUT2D eigenvalue weighted by Gasteiger charge is -2.42. The van der Waals surface area contributed by atoms with Crippen LogP contribution in [0.4, 0.5) is 0 Å². The van der Waals surface area contributed by atoms with E-state index in [9.17, 15) is 0 Å². The van der Waals surface area contributed by atoms with Crippen molar-refractivity contribution in [3.05, 3.63) is 0 Å². The smallest absolute Gasteiger partial charge is 0.0125 e. The van der Waals surface area contributed by atoms with Gasteiger partial charge in [0.1, 0.15) is 0 Å². The standard InChI is InChI=1S/C20H40N2/c1-19(2,3)21-18-9-7-16(8-10-18)15-17-11-13-22(14-12-17)20(4,5)6/h16-18,21H,7-15H2,1-6H3. The van der Waals surface area contributed by atoms with Crippen molar-refractivity contribution in [2.24, 2.45) is 11.8 Å². The van der Waals surface area contributed by atoms with Crippen LogP contribution in [0.15, 0.2) is 0 Å². The molecule has 2 aliphatic rings. The molecule has 0 aromatic rings. The quantitative estimate of drug-likeness (QED) is 0.803. The van der Waals surface area contributed by atoms with Crippen molar-refractivity contribution in [1.82, 2.24) is 10.2 Å². The Morgan fingerprint density at radius 2 is 1.27 bits per heavy atom. The first-order chi connectivity index (χ1) is 10.1. The van der Waals surface area contributed by atoms with Crippen molar-refractivity contribution in [2.45, 2.75) is 104 Å². The zero-order valence-corrected chi connectivity index (χ0v) is 16.0. The Hall–Kier alpha value is -0.0800. The molecule has 1 saturated heterocycles. The maximum atomic E-state index is 3.80. The Bertz CT molecular complexity index is 321. The van der Waals surface area contributed by atoms with Crippen LogP contribution in [0.5, 0.6) is 0 Å². The zero-order chi connectivity index (χ0) is 16.4. The number of hydrogen-bond acceptors (Lipinski definition) is 2. The molecular weight excluding hydrogens is 268 g/mol. The molecule has 2 nitrogen and oxygen atoms in total. The molecule has 2 fully saturated rings. The van der Waals surface area contributed by atoms with Gasteiger partial charge in [-0.2, -0.15) is 0 Å². The Kier molecular flexibility index (Phi) is 5.99. The second kappa shape index (κ2) is 7.21. The Balaban J connectivity index is 1.67. The van der Waals surface area contributed by atoms with Crippen molar-refractivity contribution < 1.29 is 0 Å². The number of hydrogen-bond donors (Lipinski definition) is 1. The molecule has 1 aliphatic heterocycles. The second-order valence-electron chi connectivity index (χ2n) is 9.95. The number of nitrogens with zero attached hydrogens (tertiary/aromatic N) is 1. The molecule has 2 heteroatoms. The van der Waals surface area contributed by atoms with Gasteiger partial charge in [0.05, 0.1) is 0 Å². The molecule has 0 radical (unpaired) electrons. The Morgan fingerprint density at radius 3 is 1.73 bits per heavy atom. The molecule has 2 rings (SSSR count). The predicted octanol–water partition coefficient (Wildman–Crippen LogP) is 4.83. The fraction of sp³-hybridized carbons (Fsp3) is 1.00. The van der Waals surface area contributed by atoms with Crippen molar-refractivity contribution in [1.29, 1.82) is 0 Å². The molecule has 0 unspecified atom stereocenters. The average molecular weight is 309 g/mol. The van der Waals surface area contributed by atoms with Crippen molar-refractivity contribution >= 4 is 0 Å². The van der Waals surface area contributed by atoms with Crippen molar-refractivity contribution in [2.75, 3.05) is 13.1 Å². The summed E-state index contributed by atoms with van der Waals surface area (Å²) in [6, 6.07) is 0.763. The minimum absolute atomic E-state index is 0.275. The van der Waals surface area contributed by atoms with Gasteiger partial charge in [0, 0.05) is 17.1 Å². The maximum absolute atomic E-state index is 3.80. The molecule has 0 spiro atoms. The molecule has 22 heavy (non-hydrogen) atoms. The van der Waals surface area contributed by atoms with Crippen LogP contribution >= 0.6 is 0 Å². The Morgan fingerprint density at radius 1 is 0.773 bits per heavy atom. The summed E-state index contributed by atoms with van der Waals surface area (Å²) in [5, 5.41) is 3.80. The predicted molar refractivity (Wildman–Crippen MR) is 97.3 cm³/mol. The largest absolute Gasteiger partial charge is 0.309 e. The van der Waals surface area contributed by atoms with Gasteiger partial charge in [-0.15, -0.1) is 0 Å². The van der Waals surface area contributed by atoms with Gasteiger partial charge in [-0.05, 0) is 111 Å². The molecular formula is C20H40N2. The van der Waals surface area contributed by atoms with Crippen LogP contribution in [0.25, 0.3) is 0 Å². The zero-order valence-electron chi connectivity index (χ0n) is 16.0. The summed E-state index contributed by atoms with van der Waals surface area (Å²) in [5.41, 5.74) is 0.638. The molecule has 1 N–H and O–H groups in total. The summed E-state index contributed by atoms with van der Waals surface area (Å²) < 4.78 is 0. The van der Waals surface area contributed by atoms with E-state index in [-0.39, 0.29) is 5.54 Å². The van der Waals surface area contributed by atoms with Gasteiger partial charge in [-0.25, -0.2) is 0 Å².